The highest BCUT2D eigenvalue weighted by Crippen LogP contribution is 2.41. The van der Waals surface area contributed by atoms with E-state index in [1.807, 2.05) is 0 Å². The number of amides is 5. The summed E-state index contributed by atoms with van der Waals surface area (Å²) in [6.45, 7) is -0.249. The number of carbonyl (C=O) groups excluding carboxylic acids is 4. The Morgan fingerprint density at radius 1 is 1.12 bits per heavy atom. The molecule has 0 bridgehead atoms. The smallest absolute Gasteiger partial charge is 0.325 e. The number of likely N-dealkylation sites (N-methyl/N-ethyl adjacent to an activating group) is 1. The molecule has 2 atom stereocenters. The SMILES string of the molecule is CNC(=O)[C@H]1CN(C(=O)CN2C(=O)N[C@@]3(CCOc4ccccc43)C2=O)c2ccccc2O1. The summed E-state index contributed by atoms with van der Waals surface area (Å²) in [5.41, 5.74) is -0.221. The van der Waals surface area contributed by atoms with E-state index >= 15 is 0 Å². The van der Waals surface area contributed by atoms with Gasteiger partial charge in [-0.25, -0.2) is 4.79 Å². The Labute approximate surface area is 189 Å². The number of nitrogens with one attached hydrogen (secondary N) is 2. The summed E-state index contributed by atoms with van der Waals surface area (Å²) >= 11 is 0. The summed E-state index contributed by atoms with van der Waals surface area (Å²) in [6, 6.07) is 13.2. The van der Waals surface area contributed by atoms with E-state index in [1.165, 1.54) is 11.9 Å². The quantitative estimate of drug-likeness (QED) is 0.667. The van der Waals surface area contributed by atoms with Crippen molar-refractivity contribution in [2.45, 2.75) is 18.1 Å². The number of carbonyl (C=O) groups is 4. The van der Waals surface area contributed by atoms with Crippen LogP contribution in [0.5, 0.6) is 11.5 Å². The fourth-order valence-electron chi connectivity index (χ4n) is 4.50. The van der Waals surface area contributed by atoms with Crippen molar-refractivity contribution in [3.8, 4) is 11.5 Å². The molecule has 170 valence electrons. The van der Waals surface area contributed by atoms with Crippen LogP contribution < -0.4 is 25.0 Å². The molecule has 0 aromatic heterocycles. The minimum absolute atomic E-state index is 0.0407. The van der Waals surface area contributed by atoms with Crippen molar-refractivity contribution in [2.24, 2.45) is 0 Å². The Hall–Kier alpha value is -4.08. The van der Waals surface area contributed by atoms with E-state index in [4.69, 9.17) is 9.47 Å². The third-order valence-corrected chi connectivity index (χ3v) is 6.16. The van der Waals surface area contributed by atoms with Gasteiger partial charge in [-0.15, -0.1) is 0 Å². The Balaban J connectivity index is 1.42. The van der Waals surface area contributed by atoms with Gasteiger partial charge in [0.25, 0.3) is 11.8 Å². The molecule has 0 saturated carbocycles. The molecule has 3 heterocycles. The van der Waals surface area contributed by atoms with Gasteiger partial charge in [0, 0.05) is 19.0 Å². The lowest BCUT2D eigenvalue weighted by molar-refractivity contribution is -0.136. The van der Waals surface area contributed by atoms with Crippen LogP contribution in [0, 0.1) is 0 Å². The number of benzene rings is 2. The van der Waals surface area contributed by atoms with Crippen LogP contribution in [-0.4, -0.2) is 61.5 Å². The number of ether oxygens (including phenoxy) is 2. The Kier molecular flexibility index (Phi) is 4.92. The molecule has 1 spiro atoms. The van der Waals surface area contributed by atoms with E-state index in [0.29, 0.717) is 22.7 Å². The first-order valence-corrected chi connectivity index (χ1v) is 10.6. The number of fused-ring (bicyclic) bond motifs is 3. The van der Waals surface area contributed by atoms with Crippen LogP contribution in [0.4, 0.5) is 10.5 Å². The molecular weight excluding hydrogens is 428 g/mol. The van der Waals surface area contributed by atoms with Crippen LogP contribution in [0.25, 0.3) is 0 Å². The van der Waals surface area contributed by atoms with Crippen LogP contribution in [0.3, 0.4) is 0 Å². The predicted octanol–water partition coefficient (Wildman–Crippen LogP) is 0.756. The number of rotatable bonds is 3. The summed E-state index contributed by atoms with van der Waals surface area (Å²) in [5, 5.41) is 5.30. The minimum atomic E-state index is -1.26. The van der Waals surface area contributed by atoms with Crippen LogP contribution in [0.2, 0.25) is 0 Å². The van der Waals surface area contributed by atoms with Crippen LogP contribution >= 0.6 is 0 Å². The van der Waals surface area contributed by atoms with Crippen molar-refractivity contribution < 1.29 is 28.7 Å². The summed E-state index contributed by atoms with van der Waals surface area (Å²) < 4.78 is 11.4. The normalized spacial score (nSPS) is 23.2. The summed E-state index contributed by atoms with van der Waals surface area (Å²) in [4.78, 5) is 54.1. The molecule has 1 fully saturated rings. The highest BCUT2D eigenvalue weighted by Gasteiger charge is 2.55. The molecule has 1 saturated heterocycles. The second-order valence-corrected chi connectivity index (χ2v) is 8.01. The van der Waals surface area contributed by atoms with E-state index in [-0.39, 0.29) is 25.5 Å². The van der Waals surface area contributed by atoms with Crippen LogP contribution in [-0.2, 0) is 19.9 Å². The zero-order valence-corrected chi connectivity index (χ0v) is 17.9. The van der Waals surface area contributed by atoms with Gasteiger partial charge in [-0.2, -0.15) is 0 Å². The van der Waals surface area contributed by atoms with Gasteiger partial charge in [-0.3, -0.25) is 19.3 Å². The van der Waals surface area contributed by atoms with E-state index in [0.717, 1.165) is 4.90 Å². The Morgan fingerprint density at radius 3 is 2.64 bits per heavy atom. The average Bonchev–Trinajstić information content (AvgIpc) is 3.07. The molecule has 3 aliphatic heterocycles. The summed E-state index contributed by atoms with van der Waals surface area (Å²) in [5.74, 6) is -0.476. The third kappa shape index (κ3) is 3.25. The lowest BCUT2D eigenvalue weighted by atomic mass is 9.84. The number of para-hydroxylation sites is 3. The molecule has 2 aromatic rings. The first kappa shape index (κ1) is 20.8. The largest absolute Gasteiger partial charge is 0.493 e. The topological polar surface area (TPSA) is 117 Å². The van der Waals surface area contributed by atoms with Gasteiger partial charge in [0.1, 0.15) is 18.0 Å². The fourth-order valence-corrected chi connectivity index (χ4v) is 4.50. The van der Waals surface area contributed by atoms with Crippen LogP contribution in [0.15, 0.2) is 48.5 Å². The second kappa shape index (κ2) is 7.80. The van der Waals surface area contributed by atoms with Crippen molar-refractivity contribution >= 4 is 29.4 Å². The molecule has 0 aliphatic carbocycles. The highest BCUT2D eigenvalue weighted by molar-refractivity contribution is 6.11. The van der Waals surface area contributed by atoms with E-state index in [2.05, 4.69) is 10.6 Å². The molecule has 10 nitrogen and oxygen atoms in total. The predicted molar refractivity (Wildman–Crippen MR) is 116 cm³/mol. The van der Waals surface area contributed by atoms with Crippen molar-refractivity contribution in [3.63, 3.8) is 0 Å². The van der Waals surface area contributed by atoms with Crippen LogP contribution in [0.1, 0.15) is 12.0 Å². The molecule has 10 heteroatoms. The van der Waals surface area contributed by atoms with Crippen molar-refractivity contribution in [3.05, 3.63) is 54.1 Å². The van der Waals surface area contributed by atoms with Gasteiger partial charge in [-0.05, 0) is 18.2 Å². The summed E-state index contributed by atoms with van der Waals surface area (Å²) in [7, 11) is 1.48. The number of imide groups is 1. The number of nitrogens with zero attached hydrogens (tertiary/aromatic N) is 2. The zero-order valence-electron chi connectivity index (χ0n) is 17.9. The maximum atomic E-state index is 13.5. The molecule has 5 rings (SSSR count). The minimum Gasteiger partial charge on any atom is -0.493 e. The third-order valence-electron chi connectivity index (χ3n) is 6.16. The summed E-state index contributed by atoms with van der Waals surface area (Å²) in [6.07, 6.45) is -0.649. The maximum Gasteiger partial charge on any atom is 0.325 e. The average molecular weight is 450 g/mol. The van der Waals surface area contributed by atoms with Gasteiger partial charge < -0.3 is 25.0 Å². The van der Waals surface area contributed by atoms with Gasteiger partial charge in [-0.1, -0.05) is 30.3 Å². The lowest BCUT2D eigenvalue weighted by Gasteiger charge is -2.35. The fraction of sp³-hybridized carbons (Fsp3) is 0.304. The van der Waals surface area contributed by atoms with Gasteiger partial charge >= 0.3 is 6.03 Å². The van der Waals surface area contributed by atoms with Crippen molar-refractivity contribution in [1.82, 2.24) is 15.5 Å². The molecule has 33 heavy (non-hydrogen) atoms. The molecule has 0 unspecified atom stereocenters. The molecule has 3 aliphatic rings. The zero-order chi connectivity index (χ0) is 23.2. The molecule has 5 amide bonds. The first-order valence-electron chi connectivity index (χ1n) is 10.6. The molecule has 2 N–H and O–H groups in total. The van der Waals surface area contributed by atoms with Gasteiger partial charge in [0.2, 0.25) is 5.91 Å². The lowest BCUT2D eigenvalue weighted by Crippen LogP contribution is -2.53. The molecule has 2 aromatic carbocycles. The van der Waals surface area contributed by atoms with Gasteiger partial charge in [0.05, 0.1) is 18.8 Å². The monoisotopic (exact) mass is 450 g/mol. The maximum absolute atomic E-state index is 13.5. The first-order chi connectivity index (χ1) is 15.9. The Bertz CT molecular complexity index is 1170. The van der Waals surface area contributed by atoms with Gasteiger partial charge in [0.15, 0.2) is 11.6 Å². The van der Waals surface area contributed by atoms with E-state index < -0.39 is 36.0 Å². The van der Waals surface area contributed by atoms with E-state index in [9.17, 15) is 19.2 Å². The van der Waals surface area contributed by atoms with E-state index in [1.54, 1.807) is 48.5 Å². The standard InChI is InChI=1S/C23H22N4O6/c1-24-20(29)18-12-26(15-7-3-5-9-17(15)33-18)19(28)13-27-21(30)23(25-22(27)31)10-11-32-16-8-4-2-6-14(16)23/h2-9,18H,10-13H2,1H3,(H,24,29)(H,25,31)/t18-,23-/m1/s1. The highest BCUT2D eigenvalue weighted by atomic mass is 16.5. The molecular formula is C23H22N4O6. The van der Waals surface area contributed by atoms with Crippen molar-refractivity contribution in [1.29, 1.82) is 0 Å². The second-order valence-electron chi connectivity index (χ2n) is 8.01. The molecule has 0 radical (unpaired) electrons. The van der Waals surface area contributed by atoms with Crippen molar-refractivity contribution in [2.75, 3.05) is 31.6 Å². The number of anilines is 1. The number of urea groups is 1. The Morgan fingerprint density at radius 2 is 1.85 bits per heavy atom. The number of hydrogen-bond donors (Lipinski definition) is 2. The number of hydrogen-bond acceptors (Lipinski definition) is 6.